The lowest BCUT2D eigenvalue weighted by Gasteiger charge is -2.04. The number of benzene rings is 1. The largest absolute Gasteiger partial charge is 0.293 e. The summed E-state index contributed by atoms with van der Waals surface area (Å²) in [5, 5.41) is 18.0. The molecule has 0 saturated heterocycles. The molecule has 1 aromatic rings. The lowest BCUT2D eigenvalue weighted by atomic mass is 9.90. The van der Waals surface area contributed by atoms with E-state index in [1.165, 1.54) is 0 Å². The van der Waals surface area contributed by atoms with E-state index in [9.17, 15) is 9.59 Å². The van der Waals surface area contributed by atoms with Gasteiger partial charge >= 0.3 is 0 Å². The van der Waals surface area contributed by atoms with Crippen molar-refractivity contribution in [2.75, 3.05) is 0 Å². The smallest absolute Gasteiger partial charge is 0.180 e. The number of nitrogens with zero attached hydrogens (tertiary/aromatic N) is 2. The number of rotatable bonds is 0. The summed E-state index contributed by atoms with van der Waals surface area (Å²) >= 11 is 0. The lowest BCUT2D eigenvalue weighted by molar-refractivity contribution is 0.0796. The minimum absolute atomic E-state index is 0.0271. The highest BCUT2D eigenvalue weighted by molar-refractivity contribution is 6.32. The summed E-state index contributed by atoms with van der Waals surface area (Å²) in [6.45, 7) is 0. The molecule has 1 saturated carbocycles. The maximum absolute atomic E-state index is 12.2. The molecule has 1 aromatic carbocycles. The van der Waals surface area contributed by atoms with Gasteiger partial charge in [-0.05, 0) is 0 Å². The Morgan fingerprint density at radius 2 is 1.47 bits per heavy atom. The molecule has 0 amide bonds. The van der Waals surface area contributed by atoms with Crippen LogP contribution in [0, 0.1) is 33.5 Å². The van der Waals surface area contributed by atoms with Gasteiger partial charge in [-0.1, -0.05) is 24.3 Å². The zero-order chi connectivity index (χ0) is 12.3. The van der Waals surface area contributed by atoms with E-state index in [0.29, 0.717) is 11.1 Å². The standard InChI is InChI=1S/C13H6N2O2/c14-6-12(7-15)5-13(12)10(16)8-3-1-2-4-9(8)11(13)17/h1-4H,5H2. The van der Waals surface area contributed by atoms with Gasteiger partial charge in [-0.2, -0.15) is 10.5 Å². The van der Waals surface area contributed by atoms with Crippen molar-refractivity contribution < 1.29 is 9.59 Å². The summed E-state index contributed by atoms with van der Waals surface area (Å²) in [6, 6.07) is 10.1. The van der Waals surface area contributed by atoms with Gasteiger partial charge in [-0.3, -0.25) is 9.59 Å². The highest BCUT2D eigenvalue weighted by Gasteiger charge is 2.80. The van der Waals surface area contributed by atoms with Crippen molar-refractivity contribution >= 4 is 11.6 Å². The van der Waals surface area contributed by atoms with Crippen molar-refractivity contribution in [3.8, 4) is 12.1 Å². The maximum atomic E-state index is 12.2. The Labute approximate surface area is 97.1 Å². The van der Waals surface area contributed by atoms with Gasteiger partial charge in [0.05, 0.1) is 12.1 Å². The van der Waals surface area contributed by atoms with Crippen LogP contribution in [-0.2, 0) is 0 Å². The van der Waals surface area contributed by atoms with Crippen LogP contribution < -0.4 is 0 Å². The van der Waals surface area contributed by atoms with Gasteiger partial charge in [-0.25, -0.2) is 0 Å². The van der Waals surface area contributed by atoms with E-state index in [1.54, 1.807) is 24.3 Å². The highest BCUT2D eigenvalue weighted by atomic mass is 16.2. The first-order chi connectivity index (χ1) is 8.13. The highest BCUT2D eigenvalue weighted by Crippen LogP contribution is 2.68. The molecule has 0 unspecified atom stereocenters. The molecule has 17 heavy (non-hydrogen) atoms. The number of hydrogen-bond donors (Lipinski definition) is 0. The van der Waals surface area contributed by atoms with Gasteiger partial charge in [0.2, 0.25) is 0 Å². The van der Waals surface area contributed by atoms with Gasteiger partial charge in [0.15, 0.2) is 17.0 Å². The molecule has 2 aliphatic rings. The predicted octanol–water partition coefficient (Wildman–Crippen LogP) is 1.49. The third-order valence-corrected chi connectivity index (χ3v) is 3.71. The normalized spacial score (nSPS) is 21.8. The van der Waals surface area contributed by atoms with Crippen LogP contribution in [0.25, 0.3) is 0 Å². The second kappa shape index (κ2) is 2.61. The minimum atomic E-state index is -1.46. The molecular weight excluding hydrogens is 216 g/mol. The van der Waals surface area contributed by atoms with Crippen molar-refractivity contribution in [3.05, 3.63) is 35.4 Å². The summed E-state index contributed by atoms with van der Waals surface area (Å²) in [7, 11) is 0. The zero-order valence-electron chi connectivity index (χ0n) is 8.73. The summed E-state index contributed by atoms with van der Waals surface area (Å²) < 4.78 is 0. The minimum Gasteiger partial charge on any atom is -0.293 e. The van der Waals surface area contributed by atoms with Crippen LogP contribution in [0.2, 0.25) is 0 Å². The van der Waals surface area contributed by atoms with E-state index in [1.807, 2.05) is 12.1 Å². The van der Waals surface area contributed by atoms with Crippen LogP contribution in [0.3, 0.4) is 0 Å². The number of ketones is 2. The van der Waals surface area contributed by atoms with Crippen molar-refractivity contribution in [3.63, 3.8) is 0 Å². The van der Waals surface area contributed by atoms with Gasteiger partial charge in [0.25, 0.3) is 0 Å². The van der Waals surface area contributed by atoms with E-state index >= 15 is 0 Å². The van der Waals surface area contributed by atoms with Crippen LogP contribution in [0.5, 0.6) is 0 Å². The summed E-state index contributed by atoms with van der Waals surface area (Å²) in [5.41, 5.74) is -2.20. The first-order valence-electron chi connectivity index (χ1n) is 5.14. The van der Waals surface area contributed by atoms with E-state index < -0.39 is 10.8 Å². The number of carbonyl (C=O) groups excluding carboxylic acids is 2. The Bertz CT molecular complexity index is 612. The first kappa shape index (κ1) is 9.74. The molecule has 80 valence electrons. The summed E-state index contributed by atoms with van der Waals surface area (Å²) in [6.07, 6.45) is 0.0271. The molecule has 0 aromatic heterocycles. The lowest BCUT2D eigenvalue weighted by Crippen LogP contribution is -2.24. The fourth-order valence-corrected chi connectivity index (χ4v) is 2.64. The van der Waals surface area contributed by atoms with Gasteiger partial charge in [-0.15, -0.1) is 0 Å². The molecule has 4 nitrogen and oxygen atoms in total. The summed E-state index contributed by atoms with van der Waals surface area (Å²) in [5.74, 6) is -0.748. The molecule has 0 aliphatic heterocycles. The second-order valence-corrected chi connectivity index (χ2v) is 4.41. The topological polar surface area (TPSA) is 81.7 Å². The fourth-order valence-electron chi connectivity index (χ4n) is 2.64. The van der Waals surface area contributed by atoms with Crippen LogP contribution in [-0.4, -0.2) is 11.6 Å². The molecule has 4 heteroatoms. The fraction of sp³-hybridized carbons (Fsp3) is 0.231. The first-order valence-corrected chi connectivity index (χ1v) is 5.14. The van der Waals surface area contributed by atoms with Crippen molar-refractivity contribution in [1.82, 2.24) is 0 Å². The summed E-state index contributed by atoms with van der Waals surface area (Å²) in [4.78, 5) is 24.4. The Hall–Kier alpha value is -2.46. The molecule has 3 rings (SSSR count). The zero-order valence-corrected chi connectivity index (χ0v) is 8.73. The molecule has 0 heterocycles. The monoisotopic (exact) mass is 222 g/mol. The quantitative estimate of drug-likeness (QED) is 0.622. The van der Waals surface area contributed by atoms with E-state index in [-0.39, 0.29) is 18.0 Å². The molecule has 0 N–H and O–H groups in total. The molecule has 0 atom stereocenters. The van der Waals surface area contributed by atoms with Crippen LogP contribution in [0.1, 0.15) is 27.1 Å². The van der Waals surface area contributed by atoms with Gasteiger partial charge < -0.3 is 0 Å². The molecule has 2 aliphatic carbocycles. The maximum Gasteiger partial charge on any atom is 0.180 e. The molecular formula is C13H6N2O2. The van der Waals surface area contributed by atoms with Gasteiger partial charge in [0.1, 0.15) is 5.41 Å². The molecule has 1 fully saturated rings. The van der Waals surface area contributed by atoms with Crippen molar-refractivity contribution in [2.24, 2.45) is 10.8 Å². The SMILES string of the molecule is N#CC1(C#N)CC12C(=O)c1ccccc1C2=O. The number of carbonyl (C=O) groups is 2. The number of Topliss-reactive ketones (excluding diaryl/α,β-unsaturated/α-hetero) is 2. The van der Waals surface area contributed by atoms with E-state index in [4.69, 9.17) is 10.5 Å². The molecule has 0 radical (unpaired) electrons. The number of nitriles is 2. The van der Waals surface area contributed by atoms with Crippen LogP contribution in [0.15, 0.2) is 24.3 Å². The molecule has 0 bridgehead atoms. The number of hydrogen-bond acceptors (Lipinski definition) is 4. The molecule has 1 spiro atoms. The van der Waals surface area contributed by atoms with Gasteiger partial charge in [0, 0.05) is 17.5 Å². The Kier molecular flexibility index (Phi) is 1.50. The Morgan fingerprint density at radius 3 is 1.82 bits per heavy atom. The van der Waals surface area contributed by atoms with Crippen LogP contribution in [0.4, 0.5) is 0 Å². The number of fused-ring (bicyclic) bond motifs is 1. The van der Waals surface area contributed by atoms with Crippen molar-refractivity contribution in [2.45, 2.75) is 6.42 Å². The van der Waals surface area contributed by atoms with E-state index in [2.05, 4.69) is 0 Å². The average Bonchev–Trinajstić information content (AvgIpc) is 3.02. The average molecular weight is 222 g/mol. The van der Waals surface area contributed by atoms with Crippen molar-refractivity contribution in [1.29, 1.82) is 10.5 Å². The predicted molar refractivity (Wildman–Crippen MR) is 55.8 cm³/mol. The second-order valence-electron chi connectivity index (χ2n) is 4.41. The Morgan fingerprint density at radius 1 is 1.00 bits per heavy atom. The third kappa shape index (κ3) is 0.798. The Balaban J connectivity index is 2.24. The third-order valence-electron chi connectivity index (χ3n) is 3.71. The van der Waals surface area contributed by atoms with E-state index in [0.717, 1.165) is 0 Å². The van der Waals surface area contributed by atoms with Crippen LogP contribution >= 0.6 is 0 Å².